The number of nitrogens with zero attached hydrogens (tertiary/aromatic N) is 1. The van der Waals surface area contributed by atoms with Gasteiger partial charge in [0.1, 0.15) is 0 Å². The van der Waals surface area contributed by atoms with Gasteiger partial charge in [0.15, 0.2) is 0 Å². The van der Waals surface area contributed by atoms with E-state index in [-0.39, 0.29) is 21.7 Å². The maximum absolute atomic E-state index is 12.7. The number of amides is 1. The molecule has 0 aliphatic carbocycles. The molecule has 1 aliphatic rings. The summed E-state index contributed by atoms with van der Waals surface area (Å²) in [4.78, 5) is 14.7. The lowest BCUT2D eigenvalue weighted by molar-refractivity contribution is -0.126. The van der Waals surface area contributed by atoms with Crippen LogP contribution in [0, 0.1) is 5.41 Å². The molecule has 1 unspecified atom stereocenters. The van der Waals surface area contributed by atoms with Crippen LogP contribution in [-0.2, 0) is 17.6 Å². The van der Waals surface area contributed by atoms with Crippen molar-refractivity contribution < 1.29 is 4.79 Å². The highest BCUT2D eigenvalue weighted by Gasteiger charge is 2.36. The van der Waals surface area contributed by atoms with E-state index in [9.17, 15) is 4.79 Å². The van der Waals surface area contributed by atoms with Gasteiger partial charge in [-0.1, -0.05) is 48.8 Å². The number of hydrogen-bond donors (Lipinski definition) is 0. The summed E-state index contributed by atoms with van der Waals surface area (Å²) in [5.74, 6) is 0.210. The summed E-state index contributed by atoms with van der Waals surface area (Å²) in [6, 6.07) is 6.79. The first-order chi connectivity index (χ1) is 9.49. The van der Waals surface area contributed by atoms with E-state index in [0.29, 0.717) is 0 Å². The minimum absolute atomic E-state index is 0.104. The fourth-order valence-electron chi connectivity index (χ4n) is 2.95. The average molecular weight is 352 g/mol. The number of benzene rings is 1. The van der Waals surface area contributed by atoms with Gasteiger partial charge < -0.3 is 4.90 Å². The number of hydrogen-bond acceptors (Lipinski definition) is 1. The molecule has 0 N–H and O–H groups in total. The predicted molar refractivity (Wildman–Crippen MR) is 93.3 cm³/mol. The number of halogens is 1. The lowest BCUT2D eigenvalue weighted by atomic mass is 9.94. The maximum Gasteiger partial charge on any atom is 0.232 e. The quantitative estimate of drug-likeness (QED) is 0.705. The first kappa shape index (κ1) is 16.5. The van der Waals surface area contributed by atoms with Gasteiger partial charge in [-0.15, -0.1) is 0 Å². The monoisotopic (exact) mass is 351 g/mol. The second-order valence-corrected chi connectivity index (χ2v) is 9.98. The zero-order valence-corrected chi connectivity index (χ0v) is 15.5. The standard InChI is InChI=1S/C18H26BrNO/c1-12-9-14-10-13(11-18(5,6)19)7-8-15(14)20(12)16(21)17(2,3)4/h7-8,10,12H,9,11H2,1-6H3. The normalized spacial score (nSPS) is 18.8. The van der Waals surface area contributed by atoms with Crippen LogP contribution in [-0.4, -0.2) is 16.3 Å². The second-order valence-electron chi connectivity index (χ2n) is 7.84. The van der Waals surface area contributed by atoms with Gasteiger partial charge in [-0.25, -0.2) is 0 Å². The lowest BCUT2D eigenvalue weighted by Gasteiger charge is -2.30. The van der Waals surface area contributed by atoms with E-state index in [4.69, 9.17) is 0 Å². The van der Waals surface area contributed by atoms with Crippen LogP contribution >= 0.6 is 15.9 Å². The van der Waals surface area contributed by atoms with Gasteiger partial charge in [0.25, 0.3) is 0 Å². The maximum atomic E-state index is 12.7. The van der Waals surface area contributed by atoms with Gasteiger partial charge in [-0.2, -0.15) is 0 Å². The zero-order chi connectivity index (χ0) is 16.0. The van der Waals surface area contributed by atoms with Crippen molar-refractivity contribution in [3.63, 3.8) is 0 Å². The summed E-state index contributed by atoms with van der Waals surface area (Å²) in [5.41, 5.74) is 3.38. The number of rotatable bonds is 2. The van der Waals surface area contributed by atoms with Crippen LogP contribution < -0.4 is 4.90 Å². The third-order valence-corrected chi connectivity index (χ3v) is 4.12. The Morgan fingerprint density at radius 1 is 1.29 bits per heavy atom. The Morgan fingerprint density at radius 2 is 1.90 bits per heavy atom. The van der Waals surface area contributed by atoms with E-state index < -0.39 is 0 Å². The van der Waals surface area contributed by atoms with Crippen LogP contribution in [0.3, 0.4) is 0 Å². The van der Waals surface area contributed by atoms with Crippen molar-refractivity contribution in [2.24, 2.45) is 5.41 Å². The Kier molecular flexibility index (Phi) is 4.27. The largest absolute Gasteiger partial charge is 0.309 e. The molecule has 0 bridgehead atoms. The molecule has 0 saturated heterocycles. The molecule has 1 amide bonds. The third-order valence-electron chi connectivity index (χ3n) is 3.84. The van der Waals surface area contributed by atoms with Gasteiger partial charge in [-0.3, -0.25) is 4.79 Å². The molecule has 0 fully saturated rings. The molecule has 2 nitrogen and oxygen atoms in total. The third kappa shape index (κ3) is 3.68. The van der Waals surface area contributed by atoms with E-state index in [1.54, 1.807) is 0 Å². The topological polar surface area (TPSA) is 20.3 Å². The minimum atomic E-state index is -0.341. The number of alkyl halides is 1. The van der Waals surface area contributed by atoms with E-state index in [2.05, 4.69) is 54.9 Å². The zero-order valence-electron chi connectivity index (χ0n) is 14.0. The molecule has 1 aromatic rings. The fraction of sp³-hybridized carbons (Fsp3) is 0.611. The van der Waals surface area contributed by atoms with E-state index in [1.807, 2.05) is 25.7 Å². The molecule has 0 radical (unpaired) electrons. The lowest BCUT2D eigenvalue weighted by Crippen LogP contribution is -2.42. The first-order valence-electron chi connectivity index (χ1n) is 7.63. The van der Waals surface area contributed by atoms with Crippen molar-refractivity contribution in [2.75, 3.05) is 4.90 Å². The van der Waals surface area contributed by atoms with Crippen molar-refractivity contribution >= 4 is 27.5 Å². The first-order valence-corrected chi connectivity index (χ1v) is 8.43. The van der Waals surface area contributed by atoms with Gasteiger partial charge in [0.05, 0.1) is 0 Å². The Morgan fingerprint density at radius 3 is 2.43 bits per heavy atom. The highest BCUT2D eigenvalue weighted by Crippen LogP contribution is 2.36. The number of carbonyl (C=O) groups is 1. The Labute approximate surface area is 137 Å². The van der Waals surface area contributed by atoms with Crippen molar-refractivity contribution in [1.82, 2.24) is 0 Å². The second kappa shape index (κ2) is 5.42. The molecule has 116 valence electrons. The molecule has 21 heavy (non-hydrogen) atoms. The smallest absolute Gasteiger partial charge is 0.232 e. The minimum Gasteiger partial charge on any atom is -0.309 e. The molecule has 1 heterocycles. The molecular weight excluding hydrogens is 326 g/mol. The van der Waals surface area contributed by atoms with E-state index >= 15 is 0 Å². The van der Waals surface area contributed by atoms with E-state index in [1.165, 1.54) is 11.1 Å². The summed E-state index contributed by atoms with van der Waals surface area (Å²) in [6.07, 6.45) is 1.94. The van der Waals surface area contributed by atoms with Crippen molar-refractivity contribution in [1.29, 1.82) is 0 Å². The molecule has 3 heteroatoms. The summed E-state index contributed by atoms with van der Waals surface area (Å²) in [6.45, 7) is 12.5. The molecule has 0 saturated carbocycles. The van der Waals surface area contributed by atoms with Crippen LogP contribution in [0.5, 0.6) is 0 Å². The molecule has 0 spiro atoms. The van der Waals surface area contributed by atoms with E-state index in [0.717, 1.165) is 18.5 Å². The molecular formula is C18H26BrNO. The van der Waals surface area contributed by atoms with Crippen LogP contribution in [0.4, 0.5) is 5.69 Å². The van der Waals surface area contributed by atoms with Crippen molar-refractivity contribution in [2.45, 2.75) is 64.8 Å². The van der Waals surface area contributed by atoms with Gasteiger partial charge in [0, 0.05) is 21.5 Å². The molecule has 1 aliphatic heterocycles. The Bertz CT molecular complexity index is 551. The molecule has 1 atom stereocenters. The number of fused-ring (bicyclic) bond motifs is 1. The number of anilines is 1. The van der Waals surface area contributed by atoms with Gasteiger partial charge in [0.2, 0.25) is 5.91 Å². The van der Waals surface area contributed by atoms with Crippen LogP contribution in [0.2, 0.25) is 0 Å². The van der Waals surface area contributed by atoms with Gasteiger partial charge in [-0.05, 0) is 50.8 Å². The highest BCUT2D eigenvalue weighted by molar-refractivity contribution is 9.10. The molecule has 0 aromatic heterocycles. The van der Waals surface area contributed by atoms with Crippen LogP contribution in [0.25, 0.3) is 0 Å². The number of carbonyl (C=O) groups excluding carboxylic acids is 1. The predicted octanol–water partition coefficient (Wildman–Crippen LogP) is 4.73. The average Bonchev–Trinajstić information content (AvgIpc) is 2.59. The Balaban J connectivity index is 2.33. The van der Waals surface area contributed by atoms with Gasteiger partial charge >= 0.3 is 0 Å². The molecule has 1 aromatic carbocycles. The SMILES string of the molecule is CC1Cc2cc(CC(C)(C)Br)ccc2N1C(=O)C(C)(C)C. The van der Waals surface area contributed by atoms with Crippen LogP contribution in [0.15, 0.2) is 18.2 Å². The fourth-order valence-corrected chi connectivity index (χ4v) is 3.27. The summed E-state index contributed by atoms with van der Waals surface area (Å²) < 4.78 is 0.104. The van der Waals surface area contributed by atoms with Crippen LogP contribution in [0.1, 0.15) is 52.7 Å². The summed E-state index contributed by atoms with van der Waals surface area (Å²) in [7, 11) is 0. The van der Waals surface area contributed by atoms with Crippen molar-refractivity contribution in [3.8, 4) is 0 Å². The molecule has 2 rings (SSSR count). The van der Waals surface area contributed by atoms with Crippen molar-refractivity contribution in [3.05, 3.63) is 29.3 Å². The highest BCUT2D eigenvalue weighted by atomic mass is 79.9. The summed E-state index contributed by atoms with van der Waals surface area (Å²) in [5, 5.41) is 0. The summed E-state index contributed by atoms with van der Waals surface area (Å²) >= 11 is 3.70. The Hall–Kier alpha value is -0.830.